The molecule has 2 rings (SSSR count). The molecule has 1 aromatic rings. The van der Waals surface area contributed by atoms with E-state index in [0.29, 0.717) is 12.0 Å². The van der Waals surface area contributed by atoms with Crippen molar-refractivity contribution in [1.82, 2.24) is 0 Å². The summed E-state index contributed by atoms with van der Waals surface area (Å²) in [6.45, 7) is 1.72. The van der Waals surface area contributed by atoms with Crippen LogP contribution in [0.2, 0.25) is 0 Å². The summed E-state index contributed by atoms with van der Waals surface area (Å²) in [5.41, 5.74) is 0.728. The van der Waals surface area contributed by atoms with Crippen molar-refractivity contribution < 1.29 is 14.6 Å². The maximum Gasteiger partial charge on any atom is 0.165 e. The number of phenolic OH excluding ortho intramolecular Hbond substituents is 1. The molecule has 0 aromatic heterocycles. The second-order valence-electron chi connectivity index (χ2n) is 4.22. The fourth-order valence-corrected chi connectivity index (χ4v) is 1.62. The second-order valence-corrected chi connectivity index (χ2v) is 4.22. The molecule has 2 nitrogen and oxygen atoms in total. The summed E-state index contributed by atoms with van der Waals surface area (Å²) >= 11 is 0. The van der Waals surface area contributed by atoms with Crippen molar-refractivity contribution in [3.8, 4) is 5.75 Å². The molecule has 16 heavy (non-hydrogen) atoms. The number of allylic oxidation sites excluding steroid dienone is 2. The Morgan fingerprint density at radius 3 is 2.69 bits per heavy atom. The molecule has 0 saturated carbocycles. The molecule has 0 spiro atoms. The molecule has 84 valence electrons. The summed E-state index contributed by atoms with van der Waals surface area (Å²) in [7, 11) is 0. The third-order valence-corrected chi connectivity index (χ3v) is 2.64. The van der Waals surface area contributed by atoms with Crippen molar-refractivity contribution in [2.45, 2.75) is 18.9 Å². The number of aromatic hydroxyl groups is 1. The molecule has 0 aliphatic heterocycles. The Morgan fingerprint density at radius 1 is 1.38 bits per heavy atom. The Morgan fingerprint density at radius 2 is 2.12 bits per heavy atom. The van der Waals surface area contributed by atoms with E-state index in [-0.39, 0.29) is 5.75 Å². The lowest BCUT2D eigenvalue weighted by Gasteiger charge is -2.21. The fourth-order valence-electron chi connectivity index (χ4n) is 1.62. The van der Waals surface area contributed by atoms with E-state index < -0.39 is 11.4 Å². The molecular weight excluding hydrogens is 207 g/mol. The highest BCUT2D eigenvalue weighted by Crippen LogP contribution is 2.28. The van der Waals surface area contributed by atoms with Gasteiger partial charge in [-0.15, -0.1) is 0 Å². The molecule has 0 amide bonds. The molecule has 1 aliphatic rings. The first kappa shape index (κ1) is 10.9. The molecule has 2 N–H and O–H groups in total. The minimum absolute atomic E-state index is 0.351. The molecule has 0 bridgehead atoms. The van der Waals surface area contributed by atoms with Crippen LogP contribution in [0.15, 0.2) is 36.4 Å². The maximum atomic E-state index is 13.1. The number of rotatable bonds is 1. The zero-order chi connectivity index (χ0) is 11.8. The molecule has 1 aromatic carbocycles. The van der Waals surface area contributed by atoms with E-state index in [2.05, 4.69) is 0 Å². The van der Waals surface area contributed by atoms with E-state index in [1.165, 1.54) is 12.1 Å². The van der Waals surface area contributed by atoms with Crippen molar-refractivity contribution >= 4 is 5.57 Å². The zero-order valence-electron chi connectivity index (χ0n) is 8.94. The van der Waals surface area contributed by atoms with Crippen LogP contribution in [0.3, 0.4) is 0 Å². The van der Waals surface area contributed by atoms with Crippen LogP contribution in [-0.2, 0) is 0 Å². The van der Waals surface area contributed by atoms with E-state index in [1.807, 2.05) is 6.08 Å². The van der Waals surface area contributed by atoms with Gasteiger partial charge in [-0.25, -0.2) is 4.39 Å². The molecule has 0 heterocycles. The Labute approximate surface area is 93.4 Å². The summed E-state index contributed by atoms with van der Waals surface area (Å²) in [4.78, 5) is 0. The standard InChI is InChI=1S/C13H13FO2/c1-13(16)6-4-9(5-7-13)10-2-3-12(15)11(14)8-10/h2-6,8,15-16H,7H2,1H3. The van der Waals surface area contributed by atoms with Gasteiger partial charge in [-0.2, -0.15) is 0 Å². The van der Waals surface area contributed by atoms with Gasteiger partial charge in [-0.3, -0.25) is 0 Å². The van der Waals surface area contributed by atoms with Gasteiger partial charge in [-0.1, -0.05) is 24.3 Å². The summed E-state index contributed by atoms with van der Waals surface area (Å²) in [5.74, 6) is -0.986. The molecule has 1 aliphatic carbocycles. The average Bonchev–Trinajstić information content (AvgIpc) is 2.22. The Balaban J connectivity index is 2.30. The van der Waals surface area contributed by atoms with Gasteiger partial charge in [0.25, 0.3) is 0 Å². The van der Waals surface area contributed by atoms with Crippen LogP contribution in [-0.4, -0.2) is 15.8 Å². The zero-order valence-corrected chi connectivity index (χ0v) is 8.94. The minimum atomic E-state index is -0.820. The summed E-state index contributed by atoms with van der Waals surface area (Å²) in [6.07, 6.45) is 5.80. The topological polar surface area (TPSA) is 40.5 Å². The summed E-state index contributed by atoms with van der Waals surface area (Å²) in [6, 6.07) is 4.26. The van der Waals surface area contributed by atoms with Gasteiger partial charge in [0, 0.05) is 0 Å². The van der Waals surface area contributed by atoms with E-state index in [1.54, 1.807) is 25.1 Å². The Hall–Kier alpha value is -1.61. The van der Waals surface area contributed by atoms with Crippen molar-refractivity contribution in [2.24, 2.45) is 0 Å². The Kier molecular flexibility index (Phi) is 2.56. The number of hydrogen-bond acceptors (Lipinski definition) is 2. The van der Waals surface area contributed by atoms with Crippen LogP contribution < -0.4 is 0 Å². The summed E-state index contributed by atoms with van der Waals surface area (Å²) in [5, 5.41) is 18.8. The van der Waals surface area contributed by atoms with Crippen LogP contribution >= 0.6 is 0 Å². The van der Waals surface area contributed by atoms with Gasteiger partial charge in [0.05, 0.1) is 5.60 Å². The molecule has 1 atom stereocenters. The van der Waals surface area contributed by atoms with Gasteiger partial charge >= 0.3 is 0 Å². The number of phenols is 1. The normalized spacial score (nSPS) is 24.3. The van der Waals surface area contributed by atoms with E-state index in [0.717, 1.165) is 5.57 Å². The monoisotopic (exact) mass is 220 g/mol. The fraction of sp³-hybridized carbons (Fsp3) is 0.231. The van der Waals surface area contributed by atoms with Crippen molar-refractivity contribution in [3.05, 3.63) is 47.8 Å². The Bertz CT molecular complexity index is 473. The smallest absolute Gasteiger partial charge is 0.165 e. The molecule has 3 heteroatoms. The first-order chi connectivity index (χ1) is 7.48. The lowest BCUT2D eigenvalue weighted by molar-refractivity contribution is 0.114. The summed E-state index contributed by atoms with van der Waals surface area (Å²) < 4.78 is 13.1. The number of aliphatic hydroxyl groups is 1. The minimum Gasteiger partial charge on any atom is -0.505 e. The maximum absolute atomic E-state index is 13.1. The molecule has 1 unspecified atom stereocenters. The number of halogens is 1. The van der Waals surface area contributed by atoms with Crippen LogP contribution in [0, 0.1) is 5.82 Å². The first-order valence-electron chi connectivity index (χ1n) is 5.09. The number of hydrogen-bond donors (Lipinski definition) is 2. The quantitative estimate of drug-likeness (QED) is 0.763. The molecule has 0 radical (unpaired) electrons. The van der Waals surface area contributed by atoms with Gasteiger partial charge in [0.1, 0.15) is 0 Å². The lowest BCUT2D eigenvalue weighted by atomic mass is 9.91. The van der Waals surface area contributed by atoms with Crippen LogP contribution in [0.4, 0.5) is 4.39 Å². The van der Waals surface area contributed by atoms with Crippen molar-refractivity contribution in [1.29, 1.82) is 0 Å². The van der Waals surface area contributed by atoms with E-state index >= 15 is 0 Å². The highest BCUT2D eigenvalue weighted by atomic mass is 19.1. The highest BCUT2D eigenvalue weighted by Gasteiger charge is 2.18. The van der Waals surface area contributed by atoms with Crippen LogP contribution in [0.1, 0.15) is 18.9 Å². The lowest BCUT2D eigenvalue weighted by Crippen LogP contribution is -2.21. The van der Waals surface area contributed by atoms with Crippen molar-refractivity contribution in [3.63, 3.8) is 0 Å². The molecular formula is C13H13FO2. The van der Waals surface area contributed by atoms with Gasteiger partial charge in [0.2, 0.25) is 0 Å². The largest absolute Gasteiger partial charge is 0.505 e. The third kappa shape index (κ3) is 2.14. The van der Waals surface area contributed by atoms with Gasteiger partial charge < -0.3 is 10.2 Å². The van der Waals surface area contributed by atoms with Crippen molar-refractivity contribution in [2.75, 3.05) is 0 Å². The molecule has 0 saturated heterocycles. The predicted molar refractivity (Wildman–Crippen MR) is 60.4 cm³/mol. The first-order valence-corrected chi connectivity index (χ1v) is 5.09. The predicted octanol–water partition coefficient (Wildman–Crippen LogP) is 2.63. The van der Waals surface area contributed by atoms with Gasteiger partial charge in [-0.05, 0) is 36.6 Å². The SMILES string of the molecule is CC1(O)C=CC(c2ccc(O)c(F)c2)=CC1. The van der Waals surface area contributed by atoms with E-state index in [9.17, 15) is 9.50 Å². The van der Waals surface area contributed by atoms with E-state index in [4.69, 9.17) is 5.11 Å². The van der Waals surface area contributed by atoms with Gasteiger partial charge in [0.15, 0.2) is 11.6 Å². The third-order valence-electron chi connectivity index (χ3n) is 2.64. The van der Waals surface area contributed by atoms with Crippen LogP contribution in [0.25, 0.3) is 5.57 Å². The highest BCUT2D eigenvalue weighted by molar-refractivity contribution is 5.75. The molecule has 0 fully saturated rings. The second kappa shape index (κ2) is 3.76. The average molecular weight is 220 g/mol. The number of benzene rings is 1. The van der Waals surface area contributed by atoms with Crippen LogP contribution in [0.5, 0.6) is 5.75 Å².